The van der Waals surface area contributed by atoms with Crippen molar-refractivity contribution in [2.45, 2.75) is 25.8 Å². The van der Waals surface area contributed by atoms with Crippen molar-refractivity contribution in [1.82, 2.24) is 4.90 Å². The molecule has 5 nitrogen and oxygen atoms in total. The molecule has 0 aliphatic carbocycles. The van der Waals surface area contributed by atoms with Crippen LogP contribution in [0.4, 0.5) is 0 Å². The zero-order valence-corrected chi connectivity index (χ0v) is 15.0. The fourth-order valence-corrected chi connectivity index (χ4v) is 3.58. The number of carbonyl (C=O) groups is 2. The number of hydrogen-bond acceptors (Lipinski definition) is 3. The van der Waals surface area contributed by atoms with E-state index in [0.717, 1.165) is 22.3 Å². The van der Waals surface area contributed by atoms with Gasteiger partial charge in [-0.05, 0) is 23.6 Å². The Morgan fingerprint density at radius 3 is 2.46 bits per heavy atom. The molecule has 0 radical (unpaired) electrons. The number of primary amides is 1. The Kier molecular flexibility index (Phi) is 5.38. The molecule has 1 saturated heterocycles. The van der Waals surface area contributed by atoms with Gasteiger partial charge in [0.25, 0.3) is 0 Å². The number of benzene rings is 2. The van der Waals surface area contributed by atoms with Crippen LogP contribution < -0.4 is 11.5 Å². The fourth-order valence-electron chi connectivity index (χ4n) is 3.58. The SMILES string of the molecule is Cc1ccc(CC(=O)N2C[C@H](C(N)=O)[C@@H](c3cccc(CN)c3)C2)cc1. The van der Waals surface area contributed by atoms with Gasteiger partial charge in [0.15, 0.2) is 0 Å². The molecule has 2 aromatic carbocycles. The van der Waals surface area contributed by atoms with Gasteiger partial charge in [-0.25, -0.2) is 0 Å². The van der Waals surface area contributed by atoms with E-state index in [1.54, 1.807) is 4.90 Å². The highest BCUT2D eigenvalue weighted by atomic mass is 16.2. The maximum atomic E-state index is 12.7. The molecule has 0 saturated carbocycles. The maximum Gasteiger partial charge on any atom is 0.227 e. The molecular formula is C21H25N3O2. The average Bonchev–Trinajstić information content (AvgIpc) is 3.09. The topological polar surface area (TPSA) is 89.4 Å². The van der Waals surface area contributed by atoms with Crippen LogP contribution in [0.2, 0.25) is 0 Å². The van der Waals surface area contributed by atoms with Gasteiger partial charge in [0.2, 0.25) is 11.8 Å². The monoisotopic (exact) mass is 351 g/mol. The van der Waals surface area contributed by atoms with Crippen molar-refractivity contribution in [2.75, 3.05) is 13.1 Å². The molecule has 0 bridgehead atoms. The van der Waals surface area contributed by atoms with E-state index in [9.17, 15) is 9.59 Å². The van der Waals surface area contributed by atoms with Gasteiger partial charge in [-0.1, -0.05) is 54.1 Å². The van der Waals surface area contributed by atoms with Crippen LogP contribution in [0.25, 0.3) is 0 Å². The molecule has 2 amide bonds. The number of rotatable bonds is 5. The van der Waals surface area contributed by atoms with Gasteiger partial charge in [-0.15, -0.1) is 0 Å². The van der Waals surface area contributed by atoms with Crippen molar-refractivity contribution < 1.29 is 9.59 Å². The van der Waals surface area contributed by atoms with E-state index in [0.29, 0.717) is 26.1 Å². The zero-order chi connectivity index (χ0) is 18.7. The Bertz CT molecular complexity index is 801. The van der Waals surface area contributed by atoms with Crippen LogP contribution in [0.1, 0.15) is 28.2 Å². The molecule has 26 heavy (non-hydrogen) atoms. The third-order valence-electron chi connectivity index (χ3n) is 5.13. The van der Waals surface area contributed by atoms with Gasteiger partial charge in [0, 0.05) is 25.6 Å². The molecule has 4 N–H and O–H groups in total. The number of carbonyl (C=O) groups excluding carboxylic acids is 2. The summed E-state index contributed by atoms with van der Waals surface area (Å²) in [5, 5.41) is 0. The van der Waals surface area contributed by atoms with Crippen molar-refractivity contribution in [3.63, 3.8) is 0 Å². The van der Waals surface area contributed by atoms with Crippen LogP contribution in [0, 0.1) is 12.8 Å². The summed E-state index contributed by atoms with van der Waals surface area (Å²) in [4.78, 5) is 26.4. The van der Waals surface area contributed by atoms with Crippen LogP contribution in [0.3, 0.4) is 0 Å². The Morgan fingerprint density at radius 2 is 1.81 bits per heavy atom. The lowest BCUT2D eigenvalue weighted by Crippen LogP contribution is -2.32. The molecule has 1 aliphatic rings. The second-order valence-electron chi connectivity index (χ2n) is 7.03. The summed E-state index contributed by atoms with van der Waals surface area (Å²) >= 11 is 0. The first-order valence-electron chi connectivity index (χ1n) is 8.89. The number of amides is 2. The molecular weight excluding hydrogens is 326 g/mol. The van der Waals surface area contributed by atoms with Crippen LogP contribution in [0.15, 0.2) is 48.5 Å². The number of nitrogens with zero attached hydrogens (tertiary/aromatic N) is 1. The van der Waals surface area contributed by atoms with E-state index in [1.807, 2.05) is 55.5 Å². The molecule has 1 aliphatic heterocycles. The zero-order valence-electron chi connectivity index (χ0n) is 15.0. The normalized spacial score (nSPS) is 19.5. The van der Waals surface area contributed by atoms with E-state index in [4.69, 9.17) is 11.5 Å². The van der Waals surface area contributed by atoms with Gasteiger partial charge < -0.3 is 16.4 Å². The predicted octanol–water partition coefficient (Wildman–Crippen LogP) is 1.72. The van der Waals surface area contributed by atoms with Gasteiger partial charge in [-0.2, -0.15) is 0 Å². The number of nitrogens with two attached hydrogens (primary N) is 2. The lowest BCUT2D eigenvalue weighted by molar-refractivity contribution is -0.129. The molecule has 5 heteroatoms. The summed E-state index contributed by atoms with van der Waals surface area (Å²) in [5.41, 5.74) is 15.5. The highest BCUT2D eigenvalue weighted by molar-refractivity contribution is 5.83. The smallest absolute Gasteiger partial charge is 0.227 e. The van der Waals surface area contributed by atoms with Crippen molar-refractivity contribution in [3.05, 3.63) is 70.8 Å². The first-order chi connectivity index (χ1) is 12.5. The number of hydrogen-bond donors (Lipinski definition) is 2. The number of likely N-dealkylation sites (tertiary alicyclic amines) is 1. The molecule has 2 atom stereocenters. The number of aryl methyl sites for hydroxylation is 1. The van der Waals surface area contributed by atoms with Crippen LogP contribution >= 0.6 is 0 Å². The quantitative estimate of drug-likeness (QED) is 0.859. The second-order valence-corrected chi connectivity index (χ2v) is 7.03. The second kappa shape index (κ2) is 7.70. The molecule has 3 rings (SSSR count). The van der Waals surface area contributed by atoms with E-state index >= 15 is 0 Å². The predicted molar refractivity (Wildman–Crippen MR) is 101 cm³/mol. The summed E-state index contributed by atoms with van der Waals surface area (Å²) < 4.78 is 0. The molecule has 0 aromatic heterocycles. The van der Waals surface area contributed by atoms with Gasteiger partial charge >= 0.3 is 0 Å². The third kappa shape index (κ3) is 3.94. The van der Waals surface area contributed by atoms with Gasteiger partial charge in [-0.3, -0.25) is 9.59 Å². The standard InChI is InChI=1S/C21H25N3O2/c1-14-5-7-15(8-6-14)10-20(25)24-12-18(19(13-24)21(23)26)17-4-2-3-16(9-17)11-22/h2-9,18-19H,10-13,22H2,1H3,(H2,23,26)/t18-,19+/m1/s1. The molecule has 0 spiro atoms. The van der Waals surface area contributed by atoms with Gasteiger partial charge in [0.1, 0.15) is 0 Å². The Hall–Kier alpha value is -2.66. The van der Waals surface area contributed by atoms with Crippen LogP contribution in [-0.2, 0) is 22.6 Å². The highest BCUT2D eigenvalue weighted by Crippen LogP contribution is 2.33. The van der Waals surface area contributed by atoms with Crippen LogP contribution in [0.5, 0.6) is 0 Å². The summed E-state index contributed by atoms with van der Waals surface area (Å²) in [5.74, 6) is -0.790. The van der Waals surface area contributed by atoms with E-state index in [2.05, 4.69) is 0 Å². The molecule has 2 aromatic rings. The Balaban J connectivity index is 1.76. The van der Waals surface area contributed by atoms with Gasteiger partial charge in [0.05, 0.1) is 12.3 Å². The molecule has 1 fully saturated rings. The van der Waals surface area contributed by atoms with E-state index in [1.165, 1.54) is 0 Å². The molecule has 136 valence electrons. The minimum Gasteiger partial charge on any atom is -0.369 e. The lowest BCUT2D eigenvalue weighted by atomic mass is 9.88. The third-order valence-corrected chi connectivity index (χ3v) is 5.13. The van der Waals surface area contributed by atoms with Crippen molar-refractivity contribution in [1.29, 1.82) is 0 Å². The fraction of sp³-hybridized carbons (Fsp3) is 0.333. The molecule has 1 heterocycles. The minimum atomic E-state index is -0.370. The Labute approximate surface area is 154 Å². The maximum absolute atomic E-state index is 12.7. The largest absolute Gasteiger partial charge is 0.369 e. The van der Waals surface area contributed by atoms with Crippen LogP contribution in [-0.4, -0.2) is 29.8 Å². The summed E-state index contributed by atoms with van der Waals surface area (Å²) in [6, 6.07) is 15.8. The van der Waals surface area contributed by atoms with E-state index in [-0.39, 0.29) is 23.7 Å². The van der Waals surface area contributed by atoms with E-state index < -0.39 is 0 Å². The summed E-state index contributed by atoms with van der Waals surface area (Å²) in [7, 11) is 0. The Morgan fingerprint density at radius 1 is 1.08 bits per heavy atom. The first kappa shape index (κ1) is 18.1. The molecule has 0 unspecified atom stereocenters. The minimum absolute atomic E-state index is 0.0255. The first-order valence-corrected chi connectivity index (χ1v) is 8.89. The summed E-state index contributed by atoms with van der Waals surface area (Å²) in [6.45, 7) is 3.34. The van der Waals surface area contributed by atoms with Crippen molar-refractivity contribution in [2.24, 2.45) is 17.4 Å². The van der Waals surface area contributed by atoms with Crippen molar-refractivity contribution >= 4 is 11.8 Å². The average molecular weight is 351 g/mol. The van der Waals surface area contributed by atoms with Crippen molar-refractivity contribution in [3.8, 4) is 0 Å². The lowest BCUT2D eigenvalue weighted by Gasteiger charge is -2.17. The summed E-state index contributed by atoms with van der Waals surface area (Å²) in [6.07, 6.45) is 0.335. The highest BCUT2D eigenvalue weighted by Gasteiger charge is 2.39.